The van der Waals surface area contributed by atoms with E-state index in [0.29, 0.717) is 0 Å². The molecule has 116 valence electrons. The fourth-order valence-corrected chi connectivity index (χ4v) is 2.36. The van der Waals surface area contributed by atoms with Crippen LogP contribution in [0, 0.1) is 5.41 Å². The lowest BCUT2D eigenvalue weighted by Crippen LogP contribution is -2.50. The van der Waals surface area contributed by atoms with E-state index in [1.165, 1.54) is 18.2 Å². The van der Waals surface area contributed by atoms with Crippen molar-refractivity contribution >= 4 is 5.91 Å². The molecule has 0 saturated heterocycles. The van der Waals surface area contributed by atoms with Crippen molar-refractivity contribution in [2.45, 2.75) is 32.2 Å². The van der Waals surface area contributed by atoms with Crippen molar-refractivity contribution in [1.29, 1.82) is 0 Å². The Balaban J connectivity index is 2.02. The van der Waals surface area contributed by atoms with E-state index in [9.17, 15) is 18.0 Å². The maximum atomic E-state index is 12.3. The Kier molecular flexibility index (Phi) is 4.41. The molecule has 1 saturated carbocycles. The first-order valence-electron chi connectivity index (χ1n) is 6.68. The molecule has 1 aliphatic rings. The standard InChI is InChI=1S/C14H17F3N2O2/c15-14(16,17)21-11-5-2-1-4-10(11)8-19-12(20)13(9-18)6-3-7-13/h1-2,4-5H,3,6-9,18H2,(H,19,20). The molecule has 0 aromatic heterocycles. The average molecular weight is 302 g/mol. The Hall–Kier alpha value is -1.76. The van der Waals surface area contributed by atoms with Crippen LogP contribution in [0.2, 0.25) is 0 Å². The molecule has 1 aromatic rings. The minimum Gasteiger partial charge on any atom is -0.405 e. The summed E-state index contributed by atoms with van der Waals surface area (Å²) < 4.78 is 40.8. The summed E-state index contributed by atoms with van der Waals surface area (Å²) in [6.45, 7) is 0.229. The number of nitrogens with two attached hydrogens (primary N) is 1. The van der Waals surface area contributed by atoms with E-state index in [1.54, 1.807) is 6.07 Å². The number of para-hydroxylation sites is 1. The number of carbonyl (C=O) groups excluding carboxylic acids is 1. The van der Waals surface area contributed by atoms with Gasteiger partial charge in [0.2, 0.25) is 5.91 Å². The maximum Gasteiger partial charge on any atom is 0.573 e. The zero-order chi connectivity index (χ0) is 15.5. The van der Waals surface area contributed by atoms with Crippen LogP contribution < -0.4 is 15.8 Å². The summed E-state index contributed by atoms with van der Waals surface area (Å²) in [5.41, 5.74) is 5.33. The number of ether oxygens (including phenoxy) is 1. The highest BCUT2D eigenvalue weighted by Crippen LogP contribution is 2.40. The monoisotopic (exact) mass is 302 g/mol. The van der Waals surface area contributed by atoms with E-state index in [0.717, 1.165) is 19.3 Å². The highest BCUT2D eigenvalue weighted by atomic mass is 19.4. The second-order valence-corrected chi connectivity index (χ2v) is 5.18. The maximum absolute atomic E-state index is 12.3. The number of halogens is 3. The summed E-state index contributed by atoms with van der Waals surface area (Å²) in [6.07, 6.45) is -2.38. The van der Waals surface area contributed by atoms with E-state index in [-0.39, 0.29) is 30.3 Å². The molecule has 2 rings (SSSR count). The molecule has 0 atom stereocenters. The molecule has 1 fully saturated rings. The molecule has 21 heavy (non-hydrogen) atoms. The van der Waals surface area contributed by atoms with Crippen molar-refractivity contribution in [3.63, 3.8) is 0 Å². The number of rotatable bonds is 5. The highest BCUT2D eigenvalue weighted by molar-refractivity contribution is 5.83. The van der Waals surface area contributed by atoms with Gasteiger partial charge in [0.05, 0.1) is 5.41 Å². The molecule has 1 aliphatic carbocycles. The van der Waals surface area contributed by atoms with Crippen LogP contribution in [0.25, 0.3) is 0 Å². The third kappa shape index (κ3) is 3.66. The Morgan fingerprint density at radius 1 is 1.33 bits per heavy atom. The topological polar surface area (TPSA) is 64.4 Å². The Morgan fingerprint density at radius 2 is 2.00 bits per heavy atom. The molecule has 1 aromatic carbocycles. The number of hydrogen-bond donors (Lipinski definition) is 2. The Morgan fingerprint density at radius 3 is 2.52 bits per heavy atom. The fourth-order valence-electron chi connectivity index (χ4n) is 2.36. The third-order valence-corrected chi connectivity index (χ3v) is 3.82. The van der Waals surface area contributed by atoms with E-state index < -0.39 is 11.8 Å². The Bertz CT molecular complexity index is 508. The van der Waals surface area contributed by atoms with Crippen molar-refractivity contribution in [1.82, 2.24) is 5.32 Å². The van der Waals surface area contributed by atoms with Gasteiger partial charge >= 0.3 is 6.36 Å². The third-order valence-electron chi connectivity index (χ3n) is 3.82. The number of alkyl halides is 3. The van der Waals surface area contributed by atoms with Crippen molar-refractivity contribution < 1.29 is 22.7 Å². The predicted molar refractivity (Wildman–Crippen MR) is 70.3 cm³/mol. The molecule has 0 heterocycles. The van der Waals surface area contributed by atoms with Gasteiger partial charge in [0.1, 0.15) is 5.75 Å². The second-order valence-electron chi connectivity index (χ2n) is 5.18. The number of hydrogen-bond acceptors (Lipinski definition) is 3. The van der Waals surface area contributed by atoms with E-state index in [2.05, 4.69) is 10.1 Å². The van der Waals surface area contributed by atoms with Gasteiger partial charge in [-0.3, -0.25) is 4.79 Å². The van der Waals surface area contributed by atoms with E-state index in [4.69, 9.17) is 5.73 Å². The number of nitrogens with one attached hydrogen (secondary N) is 1. The molecular formula is C14H17F3N2O2. The van der Waals surface area contributed by atoms with Gasteiger partial charge in [-0.25, -0.2) is 0 Å². The quantitative estimate of drug-likeness (QED) is 0.877. The molecule has 4 nitrogen and oxygen atoms in total. The summed E-state index contributed by atoms with van der Waals surface area (Å²) in [4.78, 5) is 12.1. The predicted octanol–water partition coefficient (Wildman–Crippen LogP) is 2.33. The van der Waals surface area contributed by atoms with E-state index >= 15 is 0 Å². The first kappa shape index (κ1) is 15.6. The highest BCUT2D eigenvalue weighted by Gasteiger charge is 2.42. The van der Waals surface area contributed by atoms with Gasteiger partial charge < -0.3 is 15.8 Å². The lowest BCUT2D eigenvalue weighted by molar-refractivity contribution is -0.274. The van der Waals surface area contributed by atoms with Crippen LogP contribution in [0.15, 0.2) is 24.3 Å². The fraction of sp³-hybridized carbons (Fsp3) is 0.500. The van der Waals surface area contributed by atoms with Crippen LogP contribution >= 0.6 is 0 Å². The van der Waals surface area contributed by atoms with Crippen molar-refractivity contribution in [3.8, 4) is 5.75 Å². The summed E-state index contributed by atoms with van der Waals surface area (Å²) in [5, 5.41) is 2.65. The molecule has 1 amide bonds. The van der Waals surface area contributed by atoms with Crippen LogP contribution in [-0.4, -0.2) is 18.8 Å². The molecule has 0 bridgehead atoms. The normalized spacial score (nSPS) is 17.0. The van der Waals surface area contributed by atoms with Gasteiger partial charge in [-0.15, -0.1) is 13.2 Å². The van der Waals surface area contributed by atoms with E-state index in [1.807, 2.05) is 0 Å². The number of carbonyl (C=O) groups is 1. The minimum absolute atomic E-state index is 0.0210. The van der Waals surface area contributed by atoms with Gasteiger partial charge in [-0.05, 0) is 18.9 Å². The summed E-state index contributed by atoms with van der Waals surface area (Å²) in [7, 11) is 0. The minimum atomic E-state index is -4.76. The Labute approximate surface area is 120 Å². The summed E-state index contributed by atoms with van der Waals surface area (Å²) in [6, 6.07) is 5.74. The lowest BCUT2D eigenvalue weighted by Gasteiger charge is -2.39. The number of benzene rings is 1. The lowest BCUT2D eigenvalue weighted by atomic mass is 9.68. The zero-order valence-electron chi connectivity index (χ0n) is 11.4. The summed E-state index contributed by atoms with van der Waals surface area (Å²) in [5.74, 6) is -0.515. The second kappa shape index (κ2) is 5.93. The van der Waals surface area contributed by atoms with Crippen molar-refractivity contribution in [2.24, 2.45) is 11.1 Å². The first-order chi connectivity index (χ1) is 9.86. The number of amides is 1. The molecule has 7 heteroatoms. The van der Waals surface area contributed by atoms with Gasteiger partial charge in [-0.2, -0.15) is 0 Å². The van der Waals surface area contributed by atoms with Gasteiger partial charge in [0.15, 0.2) is 0 Å². The van der Waals surface area contributed by atoms with Crippen LogP contribution in [0.1, 0.15) is 24.8 Å². The average Bonchev–Trinajstić information content (AvgIpc) is 2.35. The smallest absolute Gasteiger partial charge is 0.405 e. The van der Waals surface area contributed by atoms with Gasteiger partial charge in [-0.1, -0.05) is 24.6 Å². The molecular weight excluding hydrogens is 285 g/mol. The first-order valence-corrected chi connectivity index (χ1v) is 6.68. The molecule has 3 N–H and O–H groups in total. The zero-order valence-corrected chi connectivity index (χ0v) is 11.4. The largest absolute Gasteiger partial charge is 0.573 e. The molecule has 0 unspecified atom stereocenters. The van der Waals surface area contributed by atoms with Crippen LogP contribution in [0.3, 0.4) is 0 Å². The van der Waals surface area contributed by atoms with Crippen molar-refractivity contribution in [3.05, 3.63) is 29.8 Å². The SMILES string of the molecule is NCC1(C(=O)NCc2ccccc2OC(F)(F)F)CCC1. The molecule has 0 spiro atoms. The molecule has 0 radical (unpaired) electrons. The van der Waals surface area contributed by atoms with Crippen LogP contribution in [-0.2, 0) is 11.3 Å². The van der Waals surface area contributed by atoms with Gasteiger partial charge in [0, 0.05) is 18.7 Å². The summed E-state index contributed by atoms with van der Waals surface area (Å²) >= 11 is 0. The molecule has 0 aliphatic heterocycles. The van der Waals surface area contributed by atoms with Gasteiger partial charge in [0.25, 0.3) is 0 Å². The van der Waals surface area contributed by atoms with Crippen LogP contribution in [0.4, 0.5) is 13.2 Å². The van der Waals surface area contributed by atoms with Crippen LogP contribution in [0.5, 0.6) is 5.75 Å². The van der Waals surface area contributed by atoms with Crippen molar-refractivity contribution in [2.75, 3.05) is 6.54 Å².